The number of carbonyl (C=O) groups excluding carboxylic acids is 2. The van der Waals surface area contributed by atoms with Crippen LogP contribution < -0.4 is 5.32 Å². The standard InChI is InChI=1S/C24H23ClN4O2S/c25-17-3-1-2-15(12-17)9-11-28-21(23(31)29(24(28)32)19-6-7-19)14-22(30)27-18-5-4-16-8-10-26-20(16)13-18/h1-5,8,10,12-13,19,21,26H,6-7,9,11,14H2,(H,27,30). The summed E-state index contributed by atoms with van der Waals surface area (Å²) in [6.45, 7) is 0.556. The molecule has 6 nitrogen and oxygen atoms in total. The Balaban J connectivity index is 1.30. The SMILES string of the molecule is O=C(CC1C(=O)N(C2CC2)C(=S)N1CCc1cccc(Cl)c1)Nc1ccc2cc[nH]c2c1. The Morgan fingerprint density at radius 2 is 2.03 bits per heavy atom. The minimum absolute atomic E-state index is 0.0561. The Labute approximate surface area is 196 Å². The number of benzene rings is 2. The monoisotopic (exact) mass is 466 g/mol. The van der Waals surface area contributed by atoms with E-state index in [0.717, 1.165) is 29.3 Å². The van der Waals surface area contributed by atoms with E-state index >= 15 is 0 Å². The zero-order chi connectivity index (χ0) is 22.2. The minimum atomic E-state index is -0.587. The molecule has 2 aliphatic rings. The molecule has 1 aromatic heterocycles. The van der Waals surface area contributed by atoms with E-state index in [4.69, 9.17) is 23.8 Å². The average Bonchev–Trinajstić information content (AvgIpc) is 3.43. The summed E-state index contributed by atoms with van der Waals surface area (Å²) in [5.74, 6) is -0.277. The zero-order valence-corrected chi connectivity index (χ0v) is 19.0. The number of fused-ring (bicyclic) bond motifs is 1. The zero-order valence-electron chi connectivity index (χ0n) is 17.4. The predicted molar refractivity (Wildman–Crippen MR) is 130 cm³/mol. The summed E-state index contributed by atoms with van der Waals surface area (Å²) in [5.41, 5.74) is 2.71. The second-order valence-corrected chi connectivity index (χ2v) is 9.14. The van der Waals surface area contributed by atoms with Crippen molar-refractivity contribution in [2.75, 3.05) is 11.9 Å². The van der Waals surface area contributed by atoms with E-state index < -0.39 is 6.04 Å². The number of nitrogens with zero attached hydrogens (tertiary/aromatic N) is 2. The summed E-state index contributed by atoms with van der Waals surface area (Å²) in [6.07, 6.45) is 4.53. The van der Waals surface area contributed by atoms with Gasteiger partial charge in [-0.3, -0.25) is 14.5 Å². The lowest BCUT2D eigenvalue weighted by Gasteiger charge is -2.24. The van der Waals surface area contributed by atoms with E-state index in [1.165, 1.54) is 0 Å². The fourth-order valence-electron chi connectivity index (χ4n) is 4.23. The molecule has 1 saturated carbocycles. The number of halogens is 1. The number of hydrogen-bond donors (Lipinski definition) is 2. The first-order valence-corrected chi connectivity index (χ1v) is 11.5. The highest BCUT2D eigenvalue weighted by Crippen LogP contribution is 2.34. The molecule has 2 heterocycles. The Morgan fingerprint density at radius 3 is 2.81 bits per heavy atom. The highest BCUT2D eigenvalue weighted by molar-refractivity contribution is 7.80. The topological polar surface area (TPSA) is 68.4 Å². The Morgan fingerprint density at radius 1 is 1.19 bits per heavy atom. The van der Waals surface area contributed by atoms with Crippen LogP contribution in [0, 0.1) is 0 Å². The van der Waals surface area contributed by atoms with Gasteiger partial charge in [0.2, 0.25) is 5.91 Å². The number of carbonyl (C=O) groups is 2. The van der Waals surface area contributed by atoms with E-state index in [1.807, 2.05) is 59.6 Å². The van der Waals surface area contributed by atoms with Crippen molar-refractivity contribution >= 4 is 57.3 Å². The molecule has 2 fully saturated rings. The van der Waals surface area contributed by atoms with E-state index in [-0.39, 0.29) is 24.3 Å². The summed E-state index contributed by atoms with van der Waals surface area (Å²) in [7, 11) is 0. The molecule has 32 heavy (non-hydrogen) atoms. The van der Waals surface area contributed by atoms with E-state index in [9.17, 15) is 9.59 Å². The third-order valence-corrected chi connectivity index (χ3v) is 6.68. The number of hydrogen-bond acceptors (Lipinski definition) is 3. The van der Waals surface area contributed by atoms with Crippen molar-refractivity contribution in [2.45, 2.75) is 37.8 Å². The first kappa shape index (κ1) is 21.0. The van der Waals surface area contributed by atoms with Crippen molar-refractivity contribution in [3.05, 3.63) is 65.3 Å². The molecular weight excluding hydrogens is 444 g/mol. The third kappa shape index (κ3) is 4.23. The third-order valence-electron chi connectivity index (χ3n) is 6.01. The first-order valence-electron chi connectivity index (χ1n) is 10.7. The maximum Gasteiger partial charge on any atom is 0.252 e. The van der Waals surface area contributed by atoms with Crippen molar-refractivity contribution < 1.29 is 9.59 Å². The molecule has 3 aromatic rings. The molecule has 2 aromatic carbocycles. The summed E-state index contributed by atoms with van der Waals surface area (Å²) in [6, 6.07) is 14.9. The molecular formula is C24H23ClN4O2S. The number of amides is 2. The molecule has 1 aliphatic heterocycles. The van der Waals surface area contributed by atoms with Crippen molar-refractivity contribution in [3.8, 4) is 0 Å². The predicted octanol–water partition coefficient (Wildman–Crippen LogP) is 4.35. The summed E-state index contributed by atoms with van der Waals surface area (Å²) >= 11 is 11.8. The smallest absolute Gasteiger partial charge is 0.252 e. The van der Waals surface area contributed by atoms with Crippen LogP contribution >= 0.6 is 23.8 Å². The van der Waals surface area contributed by atoms with E-state index in [0.29, 0.717) is 28.8 Å². The molecule has 1 unspecified atom stereocenters. The maximum absolute atomic E-state index is 13.2. The van der Waals surface area contributed by atoms with Gasteiger partial charge in [0, 0.05) is 35.0 Å². The molecule has 0 radical (unpaired) electrons. The van der Waals surface area contributed by atoms with Crippen LogP contribution in [-0.2, 0) is 16.0 Å². The van der Waals surface area contributed by atoms with Gasteiger partial charge in [0.05, 0.1) is 6.42 Å². The van der Waals surface area contributed by atoms with Gasteiger partial charge in [-0.15, -0.1) is 0 Å². The lowest BCUT2D eigenvalue weighted by molar-refractivity contribution is -0.131. The van der Waals surface area contributed by atoms with Gasteiger partial charge in [0.25, 0.3) is 5.91 Å². The van der Waals surface area contributed by atoms with Crippen LogP contribution in [-0.4, -0.2) is 50.3 Å². The largest absolute Gasteiger partial charge is 0.361 e. The van der Waals surface area contributed by atoms with Crippen LogP contribution in [0.3, 0.4) is 0 Å². The number of aromatic amines is 1. The number of anilines is 1. The normalized spacial score (nSPS) is 18.6. The van der Waals surface area contributed by atoms with Gasteiger partial charge in [-0.25, -0.2) is 0 Å². The fourth-order valence-corrected chi connectivity index (χ4v) is 4.90. The van der Waals surface area contributed by atoms with Gasteiger partial charge in [0.1, 0.15) is 6.04 Å². The van der Waals surface area contributed by atoms with Crippen LogP contribution in [0.25, 0.3) is 10.9 Å². The van der Waals surface area contributed by atoms with Crippen molar-refractivity contribution in [2.24, 2.45) is 0 Å². The van der Waals surface area contributed by atoms with Crippen molar-refractivity contribution in [1.29, 1.82) is 0 Å². The minimum Gasteiger partial charge on any atom is -0.361 e. The lowest BCUT2D eigenvalue weighted by Crippen LogP contribution is -2.39. The highest BCUT2D eigenvalue weighted by atomic mass is 35.5. The van der Waals surface area contributed by atoms with Crippen LogP contribution in [0.1, 0.15) is 24.8 Å². The molecule has 1 aliphatic carbocycles. The second-order valence-electron chi connectivity index (χ2n) is 8.34. The second kappa shape index (κ2) is 8.56. The maximum atomic E-state index is 13.2. The summed E-state index contributed by atoms with van der Waals surface area (Å²) < 4.78 is 0. The molecule has 2 N–H and O–H groups in total. The van der Waals surface area contributed by atoms with Gasteiger partial charge < -0.3 is 15.2 Å². The van der Waals surface area contributed by atoms with Gasteiger partial charge in [-0.05, 0) is 72.8 Å². The van der Waals surface area contributed by atoms with E-state index in [2.05, 4.69) is 10.3 Å². The van der Waals surface area contributed by atoms with Gasteiger partial charge in [-0.2, -0.15) is 0 Å². The Bertz CT molecular complexity index is 1210. The summed E-state index contributed by atoms with van der Waals surface area (Å²) in [4.78, 5) is 32.8. The number of H-pyrrole nitrogens is 1. The first-order chi connectivity index (χ1) is 15.5. The Hall–Kier alpha value is -2.90. The molecule has 0 spiro atoms. The average molecular weight is 467 g/mol. The molecule has 0 bridgehead atoms. The molecule has 2 amide bonds. The Kier molecular flexibility index (Phi) is 5.61. The van der Waals surface area contributed by atoms with Crippen LogP contribution in [0.4, 0.5) is 5.69 Å². The molecule has 164 valence electrons. The van der Waals surface area contributed by atoms with Gasteiger partial charge in [0.15, 0.2) is 5.11 Å². The molecule has 5 rings (SSSR count). The number of aromatic nitrogens is 1. The highest BCUT2D eigenvalue weighted by Gasteiger charge is 2.48. The number of rotatable bonds is 7. The lowest BCUT2D eigenvalue weighted by atomic mass is 10.1. The molecule has 8 heteroatoms. The molecule has 1 atom stereocenters. The van der Waals surface area contributed by atoms with Crippen LogP contribution in [0.5, 0.6) is 0 Å². The quantitative estimate of drug-likeness (QED) is 0.508. The molecule has 1 saturated heterocycles. The van der Waals surface area contributed by atoms with Crippen LogP contribution in [0.2, 0.25) is 5.02 Å². The number of thiocarbonyl (C=S) groups is 1. The van der Waals surface area contributed by atoms with Crippen molar-refractivity contribution in [3.63, 3.8) is 0 Å². The van der Waals surface area contributed by atoms with Crippen LogP contribution in [0.15, 0.2) is 54.7 Å². The van der Waals surface area contributed by atoms with Gasteiger partial charge >= 0.3 is 0 Å². The summed E-state index contributed by atoms with van der Waals surface area (Å²) in [5, 5.41) is 5.22. The number of nitrogens with one attached hydrogen (secondary N) is 2. The van der Waals surface area contributed by atoms with E-state index in [1.54, 1.807) is 4.90 Å². The van der Waals surface area contributed by atoms with Crippen molar-refractivity contribution in [1.82, 2.24) is 14.8 Å². The fraction of sp³-hybridized carbons (Fsp3) is 0.292. The van der Waals surface area contributed by atoms with Gasteiger partial charge in [-0.1, -0.05) is 29.8 Å².